The van der Waals surface area contributed by atoms with Crippen LogP contribution in [0, 0.1) is 13.8 Å². The molecule has 0 aliphatic carbocycles. The first-order valence-corrected chi connectivity index (χ1v) is 11.9. The Bertz CT molecular complexity index is 1060. The van der Waals surface area contributed by atoms with Crippen molar-refractivity contribution >= 4 is 21.7 Å². The van der Waals surface area contributed by atoms with Gasteiger partial charge in [0.05, 0.1) is 6.54 Å². The highest BCUT2D eigenvalue weighted by molar-refractivity contribution is 7.89. The predicted octanol–water partition coefficient (Wildman–Crippen LogP) is 1.04. The first kappa shape index (κ1) is 21.7. The zero-order valence-corrected chi connectivity index (χ0v) is 18.6. The van der Waals surface area contributed by atoms with E-state index in [4.69, 9.17) is 4.52 Å². The fourth-order valence-electron chi connectivity index (χ4n) is 4.16. The number of Topliss-reactive ketones (excluding diaryl/α,β-unsaturated/α-hetero) is 1. The van der Waals surface area contributed by atoms with Crippen molar-refractivity contribution in [1.82, 2.24) is 24.2 Å². The lowest BCUT2D eigenvalue weighted by molar-refractivity contribution is 0.0787. The van der Waals surface area contributed by atoms with Gasteiger partial charge in [-0.2, -0.15) is 4.31 Å². The number of rotatable bonds is 6. The minimum atomic E-state index is -3.68. The summed E-state index contributed by atoms with van der Waals surface area (Å²) in [5.74, 6) is 0.107. The molecule has 4 heterocycles. The van der Waals surface area contributed by atoms with Crippen molar-refractivity contribution in [2.24, 2.45) is 0 Å². The molecule has 2 saturated heterocycles. The zero-order chi connectivity index (χ0) is 22.2. The smallest absolute Gasteiger partial charge is 0.270 e. The van der Waals surface area contributed by atoms with Crippen LogP contribution in [0.1, 0.15) is 45.1 Å². The van der Waals surface area contributed by atoms with Crippen LogP contribution in [-0.4, -0.2) is 90.2 Å². The summed E-state index contributed by atoms with van der Waals surface area (Å²) in [6.45, 7) is 6.33. The Labute approximate surface area is 181 Å². The second-order valence-electron chi connectivity index (χ2n) is 8.06. The molecule has 168 valence electrons. The van der Waals surface area contributed by atoms with Gasteiger partial charge in [0.1, 0.15) is 16.3 Å². The van der Waals surface area contributed by atoms with Gasteiger partial charge in [0.2, 0.25) is 10.0 Å². The summed E-state index contributed by atoms with van der Waals surface area (Å²) in [4.78, 5) is 31.9. The van der Waals surface area contributed by atoms with E-state index >= 15 is 0 Å². The lowest BCUT2D eigenvalue weighted by atomic mass is 10.2. The number of aromatic nitrogens is 2. The maximum atomic E-state index is 12.9. The standard InChI is InChI=1S/C20H27N5O5S/c1-14-19(15(2)30-22-14)31(28,29)25-9-7-23(8-10-25)13-18(26)16-11-17(21-12-16)20(27)24-5-3-4-6-24/h11-12,21H,3-10,13H2,1-2H3. The Kier molecular flexibility index (Phi) is 6.00. The number of carbonyl (C=O) groups is 2. The van der Waals surface area contributed by atoms with Crippen LogP contribution in [0.15, 0.2) is 21.7 Å². The van der Waals surface area contributed by atoms with E-state index in [-0.39, 0.29) is 42.0 Å². The first-order valence-electron chi connectivity index (χ1n) is 10.4. The Morgan fingerprint density at radius 3 is 2.39 bits per heavy atom. The van der Waals surface area contributed by atoms with Gasteiger partial charge in [-0.3, -0.25) is 14.5 Å². The fraction of sp³-hybridized carbons (Fsp3) is 0.550. The summed E-state index contributed by atoms with van der Waals surface area (Å²) < 4.78 is 32.2. The molecule has 1 N–H and O–H groups in total. The molecular weight excluding hydrogens is 422 g/mol. The van der Waals surface area contributed by atoms with Gasteiger partial charge in [-0.05, 0) is 32.8 Å². The third-order valence-electron chi connectivity index (χ3n) is 5.89. The van der Waals surface area contributed by atoms with E-state index in [1.54, 1.807) is 31.0 Å². The van der Waals surface area contributed by atoms with E-state index in [1.165, 1.54) is 4.31 Å². The van der Waals surface area contributed by atoms with E-state index in [1.807, 2.05) is 4.90 Å². The quantitative estimate of drug-likeness (QED) is 0.655. The Balaban J connectivity index is 1.34. The van der Waals surface area contributed by atoms with Gasteiger partial charge in [-0.15, -0.1) is 0 Å². The minimum Gasteiger partial charge on any atom is -0.360 e. The van der Waals surface area contributed by atoms with Crippen molar-refractivity contribution in [2.75, 3.05) is 45.8 Å². The average molecular weight is 450 g/mol. The molecule has 2 aromatic rings. The molecule has 0 atom stereocenters. The summed E-state index contributed by atoms with van der Waals surface area (Å²) in [6, 6.07) is 1.61. The largest absolute Gasteiger partial charge is 0.360 e. The van der Waals surface area contributed by atoms with Crippen molar-refractivity contribution < 1.29 is 22.5 Å². The van der Waals surface area contributed by atoms with Crippen molar-refractivity contribution in [2.45, 2.75) is 31.6 Å². The number of carbonyl (C=O) groups excluding carboxylic acids is 2. The van der Waals surface area contributed by atoms with E-state index in [0.29, 0.717) is 30.0 Å². The molecule has 2 aliphatic heterocycles. The molecule has 1 amide bonds. The van der Waals surface area contributed by atoms with E-state index in [2.05, 4.69) is 10.1 Å². The molecule has 2 aliphatic rings. The fourth-order valence-corrected chi connectivity index (χ4v) is 5.88. The molecule has 0 saturated carbocycles. The number of likely N-dealkylation sites (tertiary alicyclic amines) is 1. The molecule has 0 radical (unpaired) electrons. The van der Waals surface area contributed by atoms with E-state index < -0.39 is 10.0 Å². The Morgan fingerprint density at radius 1 is 1.10 bits per heavy atom. The summed E-state index contributed by atoms with van der Waals surface area (Å²) in [6.07, 6.45) is 3.59. The molecule has 2 fully saturated rings. The molecule has 0 aromatic carbocycles. The van der Waals surface area contributed by atoms with Gasteiger partial charge in [0, 0.05) is 51.0 Å². The number of hydrogen-bond donors (Lipinski definition) is 1. The number of aromatic amines is 1. The van der Waals surface area contributed by atoms with Crippen LogP contribution < -0.4 is 0 Å². The monoisotopic (exact) mass is 449 g/mol. The lowest BCUT2D eigenvalue weighted by Crippen LogP contribution is -2.49. The van der Waals surface area contributed by atoms with Crippen LogP contribution in [0.3, 0.4) is 0 Å². The van der Waals surface area contributed by atoms with Crippen molar-refractivity contribution in [1.29, 1.82) is 0 Å². The maximum absolute atomic E-state index is 12.9. The number of hydrogen-bond acceptors (Lipinski definition) is 7. The normalized spacial score (nSPS) is 18.6. The molecule has 10 nitrogen and oxygen atoms in total. The Hall–Kier alpha value is -2.50. The lowest BCUT2D eigenvalue weighted by Gasteiger charge is -2.33. The maximum Gasteiger partial charge on any atom is 0.270 e. The number of aryl methyl sites for hydroxylation is 2. The number of H-pyrrole nitrogens is 1. The zero-order valence-electron chi connectivity index (χ0n) is 17.8. The molecule has 4 rings (SSSR count). The van der Waals surface area contributed by atoms with E-state index in [9.17, 15) is 18.0 Å². The topological polar surface area (TPSA) is 120 Å². The summed E-state index contributed by atoms with van der Waals surface area (Å²) in [5, 5.41) is 3.74. The minimum absolute atomic E-state index is 0.0744. The van der Waals surface area contributed by atoms with Crippen LogP contribution in [0.2, 0.25) is 0 Å². The second-order valence-corrected chi connectivity index (χ2v) is 9.93. The third-order valence-corrected chi connectivity index (χ3v) is 8.04. The van der Waals surface area contributed by atoms with Gasteiger partial charge in [0.25, 0.3) is 5.91 Å². The van der Waals surface area contributed by atoms with Gasteiger partial charge in [0.15, 0.2) is 11.5 Å². The van der Waals surface area contributed by atoms with Crippen LogP contribution in [0.5, 0.6) is 0 Å². The summed E-state index contributed by atoms with van der Waals surface area (Å²) in [7, 11) is -3.68. The number of sulfonamides is 1. The van der Waals surface area contributed by atoms with Crippen molar-refractivity contribution in [3.05, 3.63) is 35.0 Å². The molecule has 0 unspecified atom stereocenters. The number of nitrogens with zero attached hydrogens (tertiary/aromatic N) is 4. The number of ketones is 1. The van der Waals surface area contributed by atoms with Crippen molar-refractivity contribution in [3.63, 3.8) is 0 Å². The Morgan fingerprint density at radius 2 is 1.77 bits per heavy atom. The van der Waals surface area contributed by atoms with Gasteiger partial charge in [-0.1, -0.05) is 5.16 Å². The highest BCUT2D eigenvalue weighted by Gasteiger charge is 2.33. The molecule has 0 bridgehead atoms. The average Bonchev–Trinajstić information content (AvgIpc) is 3.49. The van der Waals surface area contributed by atoms with Crippen LogP contribution in [-0.2, 0) is 10.0 Å². The molecule has 0 spiro atoms. The second kappa shape index (κ2) is 8.56. The number of piperazine rings is 1. The predicted molar refractivity (Wildman–Crippen MR) is 111 cm³/mol. The first-order chi connectivity index (χ1) is 14.8. The van der Waals surface area contributed by atoms with Crippen LogP contribution in [0.4, 0.5) is 0 Å². The highest BCUT2D eigenvalue weighted by Crippen LogP contribution is 2.24. The van der Waals surface area contributed by atoms with Gasteiger partial charge in [-0.25, -0.2) is 8.42 Å². The molecule has 11 heteroatoms. The molecular formula is C20H27N5O5S. The molecule has 2 aromatic heterocycles. The SMILES string of the molecule is Cc1noc(C)c1S(=O)(=O)N1CCN(CC(=O)c2c[nH]c(C(=O)N3CCCC3)c2)CC1. The number of amides is 1. The summed E-state index contributed by atoms with van der Waals surface area (Å²) in [5.41, 5.74) is 1.25. The molecule has 31 heavy (non-hydrogen) atoms. The van der Waals surface area contributed by atoms with E-state index in [0.717, 1.165) is 25.9 Å². The van der Waals surface area contributed by atoms with Crippen molar-refractivity contribution in [3.8, 4) is 0 Å². The number of nitrogens with one attached hydrogen (secondary N) is 1. The van der Waals surface area contributed by atoms with Crippen LogP contribution >= 0.6 is 0 Å². The summed E-state index contributed by atoms with van der Waals surface area (Å²) >= 11 is 0. The van der Waals surface area contributed by atoms with Gasteiger partial charge < -0.3 is 14.4 Å². The van der Waals surface area contributed by atoms with Gasteiger partial charge >= 0.3 is 0 Å². The third kappa shape index (κ3) is 4.30. The van der Waals surface area contributed by atoms with Crippen LogP contribution in [0.25, 0.3) is 0 Å². The highest BCUT2D eigenvalue weighted by atomic mass is 32.2.